The van der Waals surface area contributed by atoms with Crippen LogP contribution < -0.4 is 5.32 Å². The second-order valence-electron chi connectivity index (χ2n) is 7.80. The molecule has 8 heteroatoms. The van der Waals surface area contributed by atoms with Gasteiger partial charge >= 0.3 is 0 Å². The number of likely N-dealkylation sites (tertiary alicyclic amines) is 1. The molecule has 4 aromatic rings. The molecule has 0 saturated carbocycles. The van der Waals surface area contributed by atoms with Gasteiger partial charge in [0, 0.05) is 30.9 Å². The number of aromatic nitrogens is 3. The van der Waals surface area contributed by atoms with E-state index in [1.54, 1.807) is 28.9 Å². The highest BCUT2D eigenvalue weighted by atomic mass is 19.1. The van der Waals surface area contributed by atoms with E-state index in [1.165, 1.54) is 18.2 Å². The topological polar surface area (TPSA) is 62.5 Å². The number of nitrogens with one attached hydrogen (secondary N) is 1. The van der Waals surface area contributed by atoms with Gasteiger partial charge in [0.15, 0.2) is 0 Å². The zero-order valence-electron chi connectivity index (χ0n) is 17.2. The standard InChI is InChI=1S/C24H21F2N5O/c25-17-8-6-16(7-9-17)23-22(20-5-1-2-13-31(20)29-23)24(32)30-12-3-4-19(30)15-28-21-11-10-18(26)14-27-21/h1-2,5-11,13-14,19H,3-4,12,15H2,(H,27,28)/t19-/m0/s1. The van der Waals surface area contributed by atoms with Crippen molar-refractivity contribution in [1.29, 1.82) is 0 Å². The molecule has 1 fully saturated rings. The van der Waals surface area contributed by atoms with Crippen LogP contribution in [0.2, 0.25) is 0 Å². The van der Waals surface area contributed by atoms with Crippen molar-refractivity contribution in [2.45, 2.75) is 18.9 Å². The number of nitrogens with zero attached hydrogens (tertiary/aromatic N) is 4. The molecule has 0 aliphatic carbocycles. The Kier molecular flexibility index (Phi) is 5.26. The van der Waals surface area contributed by atoms with Gasteiger partial charge in [-0.15, -0.1) is 0 Å². The van der Waals surface area contributed by atoms with Gasteiger partial charge in [-0.1, -0.05) is 6.07 Å². The van der Waals surface area contributed by atoms with Crippen LogP contribution >= 0.6 is 0 Å². The van der Waals surface area contributed by atoms with Crippen LogP contribution in [-0.4, -0.2) is 44.5 Å². The molecule has 6 nitrogen and oxygen atoms in total. The van der Waals surface area contributed by atoms with Crippen LogP contribution in [0, 0.1) is 11.6 Å². The number of carbonyl (C=O) groups is 1. The lowest BCUT2D eigenvalue weighted by Gasteiger charge is -2.25. The highest BCUT2D eigenvalue weighted by Gasteiger charge is 2.33. The van der Waals surface area contributed by atoms with Crippen LogP contribution in [0.4, 0.5) is 14.6 Å². The third-order valence-corrected chi connectivity index (χ3v) is 5.76. The van der Waals surface area contributed by atoms with E-state index in [-0.39, 0.29) is 17.8 Å². The Morgan fingerprint density at radius 3 is 2.66 bits per heavy atom. The average Bonchev–Trinajstić information content (AvgIpc) is 3.43. The molecule has 1 amide bonds. The Bertz CT molecular complexity index is 1250. The van der Waals surface area contributed by atoms with Gasteiger partial charge in [0.1, 0.15) is 23.1 Å². The first kappa shape index (κ1) is 20.1. The second-order valence-corrected chi connectivity index (χ2v) is 7.80. The molecule has 162 valence electrons. The first-order chi connectivity index (χ1) is 15.6. The third kappa shape index (κ3) is 3.79. The zero-order valence-corrected chi connectivity index (χ0v) is 17.2. The van der Waals surface area contributed by atoms with Crippen molar-refractivity contribution in [1.82, 2.24) is 19.5 Å². The molecule has 3 aromatic heterocycles. The van der Waals surface area contributed by atoms with Crippen molar-refractivity contribution in [3.05, 3.63) is 84.2 Å². The molecule has 1 aliphatic heterocycles. The first-order valence-electron chi connectivity index (χ1n) is 10.5. The highest BCUT2D eigenvalue weighted by Crippen LogP contribution is 2.30. The summed E-state index contributed by atoms with van der Waals surface area (Å²) in [6.45, 7) is 1.14. The summed E-state index contributed by atoms with van der Waals surface area (Å²) >= 11 is 0. The van der Waals surface area contributed by atoms with E-state index < -0.39 is 5.82 Å². The van der Waals surface area contributed by atoms with E-state index >= 15 is 0 Å². The summed E-state index contributed by atoms with van der Waals surface area (Å²) < 4.78 is 28.3. The number of carbonyl (C=O) groups excluding carboxylic acids is 1. The minimum Gasteiger partial charge on any atom is -0.368 e. The Morgan fingerprint density at radius 2 is 1.88 bits per heavy atom. The quantitative estimate of drug-likeness (QED) is 0.507. The Labute approximate surface area is 183 Å². The van der Waals surface area contributed by atoms with Crippen molar-refractivity contribution >= 4 is 17.2 Å². The number of fused-ring (bicyclic) bond motifs is 1. The lowest BCUT2D eigenvalue weighted by molar-refractivity contribution is 0.0746. The molecule has 4 heterocycles. The zero-order chi connectivity index (χ0) is 22.1. The van der Waals surface area contributed by atoms with E-state index in [2.05, 4.69) is 15.4 Å². The van der Waals surface area contributed by atoms with Crippen LogP contribution in [0.3, 0.4) is 0 Å². The molecular formula is C24H21F2N5O. The fourth-order valence-corrected chi connectivity index (χ4v) is 4.18. The van der Waals surface area contributed by atoms with Gasteiger partial charge in [0.25, 0.3) is 5.91 Å². The summed E-state index contributed by atoms with van der Waals surface area (Å²) in [7, 11) is 0. The molecule has 32 heavy (non-hydrogen) atoms. The molecule has 1 atom stereocenters. The smallest absolute Gasteiger partial charge is 0.258 e. The Morgan fingerprint density at radius 1 is 1.06 bits per heavy atom. The predicted octanol–water partition coefficient (Wildman–Crippen LogP) is 4.39. The number of amides is 1. The number of hydrogen-bond acceptors (Lipinski definition) is 4. The predicted molar refractivity (Wildman–Crippen MR) is 117 cm³/mol. The lowest BCUT2D eigenvalue weighted by atomic mass is 10.0. The van der Waals surface area contributed by atoms with Crippen LogP contribution in [0.5, 0.6) is 0 Å². The van der Waals surface area contributed by atoms with Gasteiger partial charge in [-0.3, -0.25) is 4.79 Å². The summed E-state index contributed by atoms with van der Waals surface area (Å²) in [4.78, 5) is 19.6. The van der Waals surface area contributed by atoms with Gasteiger partial charge in [0.2, 0.25) is 0 Å². The average molecular weight is 433 g/mol. The maximum Gasteiger partial charge on any atom is 0.258 e. The molecule has 1 aliphatic rings. The Hall–Kier alpha value is -3.81. The minimum absolute atomic E-state index is 0.0333. The first-order valence-corrected chi connectivity index (χ1v) is 10.5. The molecule has 1 aromatic carbocycles. The summed E-state index contributed by atoms with van der Waals surface area (Å²) in [5.41, 5.74) is 2.42. The minimum atomic E-state index is -0.394. The summed E-state index contributed by atoms with van der Waals surface area (Å²) in [5.74, 6) is -0.282. The third-order valence-electron chi connectivity index (χ3n) is 5.76. The van der Waals surface area contributed by atoms with E-state index in [4.69, 9.17) is 0 Å². The van der Waals surface area contributed by atoms with E-state index in [0.29, 0.717) is 41.2 Å². The van der Waals surface area contributed by atoms with Crippen molar-refractivity contribution < 1.29 is 13.6 Å². The second kappa shape index (κ2) is 8.37. The maximum absolute atomic E-state index is 13.8. The largest absolute Gasteiger partial charge is 0.368 e. The van der Waals surface area contributed by atoms with Gasteiger partial charge in [-0.05, 0) is 61.4 Å². The fourth-order valence-electron chi connectivity index (χ4n) is 4.18. The molecule has 5 rings (SSSR count). The van der Waals surface area contributed by atoms with E-state index in [9.17, 15) is 13.6 Å². The number of hydrogen-bond donors (Lipinski definition) is 1. The number of pyridine rings is 2. The van der Waals surface area contributed by atoms with Crippen LogP contribution in [0.1, 0.15) is 23.2 Å². The van der Waals surface area contributed by atoms with Crippen LogP contribution in [-0.2, 0) is 0 Å². The van der Waals surface area contributed by atoms with Crippen molar-refractivity contribution in [2.24, 2.45) is 0 Å². The number of rotatable bonds is 5. The molecule has 1 N–H and O–H groups in total. The van der Waals surface area contributed by atoms with Crippen LogP contribution in [0.25, 0.3) is 16.8 Å². The van der Waals surface area contributed by atoms with Crippen molar-refractivity contribution in [2.75, 3.05) is 18.4 Å². The molecule has 0 spiro atoms. The van der Waals surface area contributed by atoms with Gasteiger partial charge in [-0.2, -0.15) is 5.10 Å². The van der Waals surface area contributed by atoms with Crippen molar-refractivity contribution in [3.63, 3.8) is 0 Å². The number of halogens is 2. The monoisotopic (exact) mass is 433 g/mol. The SMILES string of the molecule is O=C(c1c(-c2ccc(F)cc2)nn2ccccc12)N1CCC[C@H]1CNc1ccc(F)cn1. The highest BCUT2D eigenvalue weighted by molar-refractivity contribution is 6.06. The molecule has 0 unspecified atom stereocenters. The van der Waals surface area contributed by atoms with E-state index in [1.807, 2.05) is 23.1 Å². The fraction of sp³-hybridized carbons (Fsp3) is 0.208. The van der Waals surface area contributed by atoms with Gasteiger partial charge in [0.05, 0.1) is 17.3 Å². The number of benzene rings is 1. The molecule has 0 bridgehead atoms. The number of anilines is 1. The summed E-state index contributed by atoms with van der Waals surface area (Å²) in [6.07, 6.45) is 4.70. The maximum atomic E-state index is 13.8. The molecular weight excluding hydrogens is 412 g/mol. The molecule has 0 radical (unpaired) electrons. The Balaban J connectivity index is 1.46. The summed E-state index contributed by atoms with van der Waals surface area (Å²) in [5, 5.41) is 7.82. The normalized spacial score (nSPS) is 15.9. The van der Waals surface area contributed by atoms with E-state index in [0.717, 1.165) is 19.0 Å². The van der Waals surface area contributed by atoms with Gasteiger partial charge < -0.3 is 10.2 Å². The summed E-state index contributed by atoms with van der Waals surface area (Å²) in [6, 6.07) is 14.5. The van der Waals surface area contributed by atoms with Crippen LogP contribution in [0.15, 0.2) is 67.0 Å². The lowest BCUT2D eigenvalue weighted by Crippen LogP contribution is -2.39. The van der Waals surface area contributed by atoms with Crippen molar-refractivity contribution in [3.8, 4) is 11.3 Å². The van der Waals surface area contributed by atoms with Gasteiger partial charge in [-0.25, -0.2) is 18.3 Å². The molecule has 1 saturated heterocycles.